The minimum absolute atomic E-state index is 0.000810. The van der Waals surface area contributed by atoms with Gasteiger partial charge < -0.3 is 10.0 Å². The molecule has 1 aliphatic heterocycles. The number of β-amino-alcohol motifs (C(OH)–C–C–N with tert-alkyl or cyclic N) is 1. The summed E-state index contributed by atoms with van der Waals surface area (Å²) in [7, 11) is 0. The first-order valence-corrected chi connectivity index (χ1v) is 6.91. The van der Waals surface area contributed by atoms with Gasteiger partial charge in [-0.1, -0.05) is 35.8 Å². The molecule has 0 aliphatic carbocycles. The minimum Gasteiger partial charge on any atom is -0.386 e. The number of halogens is 1. The van der Waals surface area contributed by atoms with E-state index in [4.69, 9.17) is 0 Å². The van der Waals surface area contributed by atoms with Gasteiger partial charge in [0.25, 0.3) is 5.91 Å². The molecule has 1 heterocycles. The number of aliphatic hydroxyl groups is 1. The highest BCUT2D eigenvalue weighted by atomic mass is 79.9. The van der Waals surface area contributed by atoms with E-state index in [1.807, 2.05) is 39.0 Å². The first kappa shape index (κ1) is 13.6. The Hall–Kier alpha value is -0.870. The molecule has 98 valence electrons. The fraction of sp³-hybridized carbons (Fsp3) is 0.500. The van der Waals surface area contributed by atoms with Crippen molar-refractivity contribution in [1.29, 1.82) is 0 Å². The van der Waals surface area contributed by atoms with Gasteiger partial charge in [0, 0.05) is 10.0 Å². The largest absolute Gasteiger partial charge is 0.386 e. The molecule has 0 saturated carbocycles. The molecular weight excluding hydrogens is 294 g/mol. The van der Waals surface area contributed by atoms with Gasteiger partial charge in [0.2, 0.25) is 0 Å². The number of benzene rings is 1. The molecule has 0 aromatic heterocycles. The zero-order valence-electron chi connectivity index (χ0n) is 10.9. The molecule has 1 aromatic rings. The zero-order chi connectivity index (χ0) is 13.5. The molecule has 1 N–H and O–H groups in total. The van der Waals surface area contributed by atoms with Gasteiger partial charge in [0.05, 0.1) is 13.1 Å². The molecule has 1 aromatic carbocycles. The van der Waals surface area contributed by atoms with Crippen LogP contribution in [0.25, 0.3) is 0 Å². The maximum absolute atomic E-state index is 12.3. The predicted octanol–water partition coefficient (Wildman–Crippen LogP) is 2.60. The summed E-state index contributed by atoms with van der Waals surface area (Å²) in [5.74, 6) is 0.171. The maximum atomic E-state index is 12.3. The van der Waals surface area contributed by atoms with Gasteiger partial charge in [-0.15, -0.1) is 0 Å². The third-order valence-electron chi connectivity index (χ3n) is 3.79. The quantitative estimate of drug-likeness (QED) is 0.912. The van der Waals surface area contributed by atoms with Gasteiger partial charge in [-0.3, -0.25) is 4.79 Å². The van der Waals surface area contributed by atoms with Crippen LogP contribution in [0.15, 0.2) is 22.7 Å². The van der Waals surface area contributed by atoms with Crippen molar-refractivity contribution < 1.29 is 9.90 Å². The van der Waals surface area contributed by atoms with Crippen LogP contribution in [0, 0.1) is 12.8 Å². The summed E-state index contributed by atoms with van der Waals surface area (Å²) in [5.41, 5.74) is 0.938. The second kappa shape index (κ2) is 4.67. The van der Waals surface area contributed by atoms with Crippen LogP contribution in [0.3, 0.4) is 0 Å². The molecule has 1 aliphatic rings. The van der Waals surface area contributed by atoms with Crippen LogP contribution < -0.4 is 0 Å². The van der Waals surface area contributed by atoms with Crippen LogP contribution in [0.4, 0.5) is 0 Å². The lowest BCUT2D eigenvalue weighted by Gasteiger charge is -2.49. The number of nitrogens with zero attached hydrogens (tertiary/aromatic N) is 1. The van der Waals surface area contributed by atoms with E-state index in [9.17, 15) is 9.90 Å². The summed E-state index contributed by atoms with van der Waals surface area (Å²) in [6.07, 6.45) is 0. The highest BCUT2D eigenvalue weighted by Crippen LogP contribution is 2.31. The van der Waals surface area contributed by atoms with Crippen molar-refractivity contribution in [1.82, 2.24) is 4.90 Å². The van der Waals surface area contributed by atoms with E-state index in [0.29, 0.717) is 18.7 Å². The van der Waals surface area contributed by atoms with Gasteiger partial charge in [-0.25, -0.2) is 0 Å². The van der Waals surface area contributed by atoms with Crippen molar-refractivity contribution in [2.24, 2.45) is 5.92 Å². The highest BCUT2D eigenvalue weighted by molar-refractivity contribution is 9.10. The van der Waals surface area contributed by atoms with E-state index in [0.717, 1.165) is 10.0 Å². The maximum Gasteiger partial charge on any atom is 0.254 e. The normalized spacial score (nSPS) is 17.8. The number of hydrogen-bond acceptors (Lipinski definition) is 2. The molecule has 3 nitrogen and oxygen atoms in total. The first-order valence-electron chi connectivity index (χ1n) is 6.12. The summed E-state index contributed by atoms with van der Waals surface area (Å²) < 4.78 is 0.938. The van der Waals surface area contributed by atoms with Gasteiger partial charge in [-0.2, -0.15) is 0 Å². The summed E-state index contributed by atoms with van der Waals surface area (Å²) >= 11 is 3.43. The lowest BCUT2D eigenvalue weighted by Crippen LogP contribution is -2.66. The molecule has 0 unspecified atom stereocenters. The Kier molecular flexibility index (Phi) is 3.52. The fourth-order valence-electron chi connectivity index (χ4n) is 2.13. The van der Waals surface area contributed by atoms with Gasteiger partial charge >= 0.3 is 0 Å². The van der Waals surface area contributed by atoms with Crippen LogP contribution in [0.2, 0.25) is 0 Å². The lowest BCUT2D eigenvalue weighted by molar-refractivity contribution is -0.110. The molecule has 0 radical (unpaired) electrons. The molecule has 4 heteroatoms. The SMILES string of the molecule is Cc1c(Br)cccc1C(=O)N1CC(O)(C(C)C)C1. The Morgan fingerprint density at radius 3 is 2.61 bits per heavy atom. The Labute approximate surface area is 116 Å². The number of carbonyl (C=O) groups is 1. The second-order valence-corrected chi connectivity index (χ2v) is 6.19. The number of amides is 1. The Morgan fingerprint density at radius 2 is 2.06 bits per heavy atom. The molecule has 0 atom stereocenters. The van der Waals surface area contributed by atoms with Gasteiger partial charge in [0.15, 0.2) is 0 Å². The molecular formula is C14H18BrNO2. The molecule has 0 bridgehead atoms. The standard InChI is InChI=1S/C14H18BrNO2/c1-9(2)14(18)7-16(8-14)13(17)11-5-4-6-12(15)10(11)3/h4-6,9,18H,7-8H2,1-3H3. The van der Waals surface area contributed by atoms with E-state index < -0.39 is 5.60 Å². The van der Waals surface area contributed by atoms with E-state index in [-0.39, 0.29) is 11.8 Å². The van der Waals surface area contributed by atoms with Crippen LogP contribution in [0.5, 0.6) is 0 Å². The molecule has 18 heavy (non-hydrogen) atoms. The Bertz CT molecular complexity index is 479. The number of hydrogen-bond donors (Lipinski definition) is 1. The topological polar surface area (TPSA) is 40.5 Å². The second-order valence-electron chi connectivity index (χ2n) is 5.33. The van der Waals surface area contributed by atoms with E-state index in [1.165, 1.54) is 0 Å². The van der Waals surface area contributed by atoms with Crippen molar-refractivity contribution in [2.75, 3.05) is 13.1 Å². The average molecular weight is 312 g/mol. The first-order chi connectivity index (χ1) is 8.35. The summed E-state index contributed by atoms with van der Waals surface area (Å²) in [5, 5.41) is 10.2. The molecule has 1 saturated heterocycles. The van der Waals surface area contributed by atoms with Crippen LogP contribution >= 0.6 is 15.9 Å². The summed E-state index contributed by atoms with van der Waals surface area (Å²) in [6.45, 7) is 6.73. The van der Waals surface area contributed by atoms with Crippen LogP contribution in [-0.2, 0) is 0 Å². The fourth-order valence-corrected chi connectivity index (χ4v) is 2.50. The third kappa shape index (κ3) is 2.19. The van der Waals surface area contributed by atoms with Crippen molar-refractivity contribution in [3.05, 3.63) is 33.8 Å². The van der Waals surface area contributed by atoms with Crippen LogP contribution in [0.1, 0.15) is 29.8 Å². The monoisotopic (exact) mass is 311 g/mol. The van der Waals surface area contributed by atoms with Crippen LogP contribution in [-0.4, -0.2) is 34.6 Å². The molecule has 2 rings (SSSR count). The van der Waals surface area contributed by atoms with Crippen molar-refractivity contribution in [3.63, 3.8) is 0 Å². The minimum atomic E-state index is -0.713. The molecule has 0 spiro atoms. The zero-order valence-corrected chi connectivity index (χ0v) is 12.5. The summed E-state index contributed by atoms with van der Waals surface area (Å²) in [6, 6.07) is 5.61. The van der Waals surface area contributed by atoms with E-state index >= 15 is 0 Å². The predicted molar refractivity (Wildman–Crippen MR) is 74.6 cm³/mol. The van der Waals surface area contributed by atoms with Crippen molar-refractivity contribution >= 4 is 21.8 Å². The van der Waals surface area contributed by atoms with E-state index in [2.05, 4.69) is 15.9 Å². The third-order valence-corrected chi connectivity index (χ3v) is 4.65. The van der Waals surface area contributed by atoms with Crippen molar-refractivity contribution in [3.8, 4) is 0 Å². The smallest absolute Gasteiger partial charge is 0.254 e. The number of rotatable bonds is 2. The number of carbonyl (C=O) groups excluding carboxylic acids is 1. The molecule has 1 amide bonds. The number of likely N-dealkylation sites (tertiary alicyclic amines) is 1. The average Bonchev–Trinajstić information content (AvgIpc) is 2.27. The van der Waals surface area contributed by atoms with Gasteiger partial charge in [0.1, 0.15) is 5.60 Å². The van der Waals surface area contributed by atoms with Gasteiger partial charge in [-0.05, 0) is 30.5 Å². The van der Waals surface area contributed by atoms with Crippen molar-refractivity contribution in [2.45, 2.75) is 26.4 Å². The molecule has 1 fully saturated rings. The highest BCUT2D eigenvalue weighted by Gasteiger charge is 2.46. The lowest BCUT2D eigenvalue weighted by atomic mass is 9.82. The Balaban J connectivity index is 2.13. The van der Waals surface area contributed by atoms with E-state index in [1.54, 1.807) is 4.90 Å². The summed E-state index contributed by atoms with van der Waals surface area (Å²) in [4.78, 5) is 14.0. The Morgan fingerprint density at radius 1 is 1.44 bits per heavy atom.